The molecule has 0 aliphatic heterocycles. The van der Waals surface area contributed by atoms with Crippen molar-refractivity contribution in [3.63, 3.8) is 0 Å². The third kappa shape index (κ3) is 2.76. The highest BCUT2D eigenvalue weighted by Gasteiger charge is 2.21. The second kappa shape index (κ2) is 5.40. The molecule has 1 aromatic heterocycles. The van der Waals surface area contributed by atoms with Crippen molar-refractivity contribution < 1.29 is 17.7 Å². The van der Waals surface area contributed by atoms with Crippen molar-refractivity contribution in [2.45, 2.75) is 25.8 Å². The Bertz CT molecular complexity index is 562. The van der Waals surface area contributed by atoms with Crippen LogP contribution in [0.25, 0.3) is 11.5 Å². The molecule has 0 saturated heterocycles. The fraction of sp³-hybridized carbons (Fsp3) is 0.333. The number of nitrogens with zero attached hydrogens (tertiary/aromatic N) is 2. The Kier molecular flexibility index (Phi) is 3.84. The minimum Gasteiger partial charge on any atom is -0.334 e. The molecular formula is C12H12F3N3O. The maximum atomic E-state index is 13.5. The van der Waals surface area contributed by atoms with E-state index >= 15 is 0 Å². The summed E-state index contributed by atoms with van der Waals surface area (Å²) in [6.07, 6.45) is 1.43. The van der Waals surface area contributed by atoms with Gasteiger partial charge in [-0.2, -0.15) is 4.98 Å². The summed E-state index contributed by atoms with van der Waals surface area (Å²) in [7, 11) is 0. The van der Waals surface area contributed by atoms with Gasteiger partial charge in [0.05, 0.1) is 6.04 Å². The number of benzene rings is 1. The van der Waals surface area contributed by atoms with Crippen LogP contribution in [0.2, 0.25) is 0 Å². The van der Waals surface area contributed by atoms with Gasteiger partial charge in [0, 0.05) is 12.1 Å². The molecular weight excluding hydrogens is 259 g/mol. The zero-order valence-electron chi connectivity index (χ0n) is 10.2. The lowest BCUT2D eigenvalue weighted by Crippen LogP contribution is -2.11. The predicted octanol–water partition coefficient (Wildman–Crippen LogP) is 2.95. The molecule has 0 aliphatic carbocycles. The van der Waals surface area contributed by atoms with Crippen molar-refractivity contribution in [1.82, 2.24) is 10.1 Å². The quantitative estimate of drug-likeness (QED) is 0.928. The highest BCUT2D eigenvalue weighted by molar-refractivity contribution is 5.54. The number of halogens is 3. The van der Waals surface area contributed by atoms with Crippen LogP contribution in [-0.4, -0.2) is 10.1 Å². The number of rotatable bonds is 4. The molecule has 0 bridgehead atoms. The van der Waals surface area contributed by atoms with Gasteiger partial charge < -0.3 is 10.3 Å². The minimum absolute atomic E-state index is 0.167. The summed E-state index contributed by atoms with van der Waals surface area (Å²) in [6, 6.07) is 0.636. The number of aromatic nitrogens is 2. The van der Waals surface area contributed by atoms with E-state index in [1.165, 1.54) is 0 Å². The highest BCUT2D eigenvalue weighted by atomic mass is 19.1. The molecule has 0 fully saturated rings. The summed E-state index contributed by atoms with van der Waals surface area (Å²) in [6.45, 7) is 1.93. The topological polar surface area (TPSA) is 64.9 Å². The van der Waals surface area contributed by atoms with Gasteiger partial charge in [-0.25, -0.2) is 13.2 Å². The molecule has 2 rings (SSSR count). The van der Waals surface area contributed by atoms with Gasteiger partial charge in [-0.15, -0.1) is 0 Å². The highest BCUT2D eigenvalue weighted by Crippen LogP contribution is 2.26. The fourth-order valence-electron chi connectivity index (χ4n) is 1.67. The zero-order chi connectivity index (χ0) is 14.0. The maximum absolute atomic E-state index is 13.5. The van der Waals surface area contributed by atoms with E-state index in [-0.39, 0.29) is 11.7 Å². The summed E-state index contributed by atoms with van der Waals surface area (Å²) >= 11 is 0. The third-order valence-corrected chi connectivity index (χ3v) is 2.59. The van der Waals surface area contributed by atoms with Crippen molar-refractivity contribution in [2.24, 2.45) is 5.73 Å². The van der Waals surface area contributed by atoms with Crippen molar-refractivity contribution in [3.05, 3.63) is 35.4 Å². The molecule has 0 aliphatic rings. The molecule has 0 amide bonds. The SMILES string of the molecule is CCCC(N)c1noc(-c2c(F)cc(F)cc2F)n1. The lowest BCUT2D eigenvalue weighted by Gasteiger charge is -2.02. The van der Waals surface area contributed by atoms with E-state index in [2.05, 4.69) is 10.1 Å². The monoisotopic (exact) mass is 271 g/mol. The molecule has 0 saturated carbocycles. The van der Waals surface area contributed by atoms with Crippen LogP contribution in [0, 0.1) is 17.5 Å². The lowest BCUT2D eigenvalue weighted by molar-refractivity contribution is 0.408. The Morgan fingerprint density at radius 1 is 1.26 bits per heavy atom. The summed E-state index contributed by atoms with van der Waals surface area (Å²) < 4.78 is 44.6. The summed E-state index contributed by atoms with van der Waals surface area (Å²) in [5, 5.41) is 3.58. The van der Waals surface area contributed by atoms with Gasteiger partial charge in [0.1, 0.15) is 23.0 Å². The van der Waals surface area contributed by atoms with Gasteiger partial charge in [-0.3, -0.25) is 0 Å². The Labute approximate surface area is 107 Å². The van der Waals surface area contributed by atoms with Gasteiger partial charge >= 0.3 is 0 Å². The normalized spacial score (nSPS) is 12.7. The van der Waals surface area contributed by atoms with Crippen LogP contribution in [0.1, 0.15) is 31.6 Å². The third-order valence-electron chi connectivity index (χ3n) is 2.59. The molecule has 2 N–H and O–H groups in total. The van der Waals surface area contributed by atoms with Crippen molar-refractivity contribution in [3.8, 4) is 11.5 Å². The van der Waals surface area contributed by atoms with Gasteiger partial charge in [0.25, 0.3) is 5.89 Å². The first kappa shape index (κ1) is 13.5. The van der Waals surface area contributed by atoms with E-state index in [4.69, 9.17) is 10.3 Å². The first-order valence-corrected chi connectivity index (χ1v) is 5.77. The number of nitrogens with two attached hydrogens (primary N) is 1. The smallest absolute Gasteiger partial charge is 0.263 e. The second-order valence-electron chi connectivity index (χ2n) is 4.10. The summed E-state index contributed by atoms with van der Waals surface area (Å²) in [5.41, 5.74) is 5.21. The minimum atomic E-state index is -1.10. The van der Waals surface area contributed by atoms with Crippen molar-refractivity contribution in [2.75, 3.05) is 0 Å². The van der Waals surface area contributed by atoms with E-state index in [1.807, 2.05) is 6.92 Å². The molecule has 102 valence electrons. The maximum Gasteiger partial charge on any atom is 0.263 e. The first-order valence-electron chi connectivity index (χ1n) is 5.77. The lowest BCUT2D eigenvalue weighted by atomic mass is 10.1. The van der Waals surface area contributed by atoms with Gasteiger partial charge in [-0.05, 0) is 6.42 Å². The number of hydrogen-bond acceptors (Lipinski definition) is 4. The summed E-state index contributed by atoms with van der Waals surface area (Å²) in [5.74, 6) is -3.40. The molecule has 19 heavy (non-hydrogen) atoms. The Morgan fingerprint density at radius 2 is 1.89 bits per heavy atom. The van der Waals surface area contributed by atoms with Gasteiger partial charge in [0.15, 0.2) is 5.82 Å². The number of hydrogen-bond donors (Lipinski definition) is 1. The van der Waals surface area contributed by atoms with Crippen LogP contribution in [0.15, 0.2) is 16.7 Å². The Hall–Kier alpha value is -1.89. The van der Waals surface area contributed by atoms with E-state index in [0.717, 1.165) is 6.42 Å². The zero-order valence-corrected chi connectivity index (χ0v) is 10.2. The largest absolute Gasteiger partial charge is 0.334 e. The van der Waals surface area contributed by atoms with Crippen molar-refractivity contribution in [1.29, 1.82) is 0 Å². The van der Waals surface area contributed by atoms with E-state index in [9.17, 15) is 13.2 Å². The van der Waals surface area contributed by atoms with E-state index in [1.54, 1.807) is 0 Å². The first-order chi connectivity index (χ1) is 9.02. The molecule has 0 spiro atoms. The van der Waals surface area contributed by atoms with E-state index < -0.39 is 29.1 Å². The van der Waals surface area contributed by atoms with Crippen LogP contribution < -0.4 is 5.73 Å². The van der Waals surface area contributed by atoms with Crippen LogP contribution >= 0.6 is 0 Å². The average molecular weight is 271 g/mol. The average Bonchev–Trinajstić information content (AvgIpc) is 2.77. The molecule has 4 nitrogen and oxygen atoms in total. The molecule has 0 radical (unpaired) electrons. The fourth-order valence-corrected chi connectivity index (χ4v) is 1.67. The molecule has 1 aromatic carbocycles. The molecule has 1 heterocycles. The van der Waals surface area contributed by atoms with Crippen LogP contribution in [0.4, 0.5) is 13.2 Å². The second-order valence-corrected chi connectivity index (χ2v) is 4.10. The van der Waals surface area contributed by atoms with Gasteiger partial charge in [-0.1, -0.05) is 18.5 Å². The Morgan fingerprint density at radius 3 is 2.47 bits per heavy atom. The standard InChI is InChI=1S/C12H12F3N3O/c1-2-3-9(16)11-17-12(19-18-11)10-7(14)4-6(13)5-8(10)15/h4-5,9H,2-3,16H2,1H3. The molecule has 1 unspecified atom stereocenters. The molecule has 1 atom stereocenters. The Balaban J connectivity index is 2.38. The molecule has 7 heteroatoms. The molecule has 2 aromatic rings. The van der Waals surface area contributed by atoms with Crippen LogP contribution in [-0.2, 0) is 0 Å². The van der Waals surface area contributed by atoms with E-state index in [0.29, 0.717) is 18.6 Å². The van der Waals surface area contributed by atoms with Gasteiger partial charge in [0.2, 0.25) is 0 Å². The van der Waals surface area contributed by atoms with Crippen molar-refractivity contribution >= 4 is 0 Å². The van der Waals surface area contributed by atoms with Crippen LogP contribution in [0.3, 0.4) is 0 Å². The predicted molar refractivity (Wildman–Crippen MR) is 61.4 cm³/mol. The van der Waals surface area contributed by atoms with Crippen LogP contribution in [0.5, 0.6) is 0 Å². The summed E-state index contributed by atoms with van der Waals surface area (Å²) in [4.78, 5) is 3.85.